The molecule has 1 aromatic carbocycles. The van der Waals surface area contributed by atoms with E-state index in [-0.39, 0.29) is 5.92 Å². The summed E-state index contributed by atoms with van der Waals surface area (Å²) in [6.07, 6.45) is 6.21. The van der Waals surface area contributed by atoms with Crippen LogP contribution < -0.4 is 4.74 Å². The summed E-state index contributed by atoms with van der Waals surface area (Å²) in [7, 11) is 1.62. The van der Waals surface area contributed by atoms with E-state index in [2.05, 4.69) is 16.0 Å². The number of aryl methyl sites for hydroxylation is 1. The number of pyridine rings is 1. The molecule has 1 saturated heterocycles. The molecule has 3 atom stereocenters. The highest BCUT2D eigenvalue weighted by Crippen LogP contribution is 2.34. The number of carbonyl (C=O) groups is 1. The number of thiophene rings is 1. The smallest absolute Gasteiger partial charge is 0.308 e. The molecule has 0 amide bonds. The predicted molar refractivity (Wildman–Crippen MR) is 140 cm³/mol. The molecule has 0 bridgehead atoms. The van der Waals surface area contributed by atoms with Crippen LogP contribution in [0.1, 0.15) is 48.6 Å². The minimum atomic E-state index is -0.735. The van der Waals surface area contributed by atoms with Gasteiger partial charge in [-0.25, -0.2) is 0 Å². The highest BCUT2D eigenvalue weighted by Gasteiger charge is 2.34. The number of carboxylic acids is 1. The van der Waals surface area contributed by atoms with Crippen LogP contribution >= 0.6 is 22.9 Å². The average molecular weight is 517 g/mol. The number of carboxylic acid groups (broad SMARTS) is 1. The molecule has 0 unspecified atom stereocenters. The number of nitrogens with zero attached hydrogens (tertiary/aromatic N) is 2. The number of unbranched alkanes of at least 4 members (excludes halogenated alkanes) is 1. The maximum absolute atomic E-state index is 12.1. The number of methoxy groups -OCH3 is 1. The molecule has 4 rings (SSSR count). The van der Waals surface area contributed by atoms with Gasteiger partial charge in [-0.1, -0.05) is 11.6 Å². The third-order valence-electron chi connectivity index (χ3n) is 7.09. The zero-order valence-corrected chi connectivity index (χ0v) is 21.6. The summed E-state index contributed by atoms with van der Waals surface area (Å²) >= 11 is 7.63. The van der Waals surface area contributed by atoms with Crippen LogP contribution in [0.4, 0.5) is 0 Å². The summed E-state index contributed by atoms with van der Waals surface area (Å²) < 4.78 is 6.16. The Labute approximate surface area is 215 Å². The first kappa shape index (κ1) is 25.9. The van der Waals surface area contributed by atoms with Gasteiger partial charge in [0.15, 0.2) is 0 Å². The number of aliphatic hydroxyl groups excluding tert-OH is 1. The molecule has 8 heteroatoms. The molecule has 2 aromatic heterocycles. The number of hydrogen-bond donors (Lipinski definition) is 2. The molecule has 1 fully saturated rings. The fourth-order valence-electron chi connectivity index (χ4n) is 5.11. The van der Waals surface area contributed by atoms with Gasteiger partial charge in [0.05, 0.1) is 29.0 Å². The first-order valence-electron chi connectivity index (χ1n) is 12.2. The van der Waals surface area contributed by atoms with Crippen molar-refractivity contribution in [2.75, 3.05) is 26.7 Å². The van der Waals surface area contributed by atoms with E-state index in [4.69, 9.17) is 16.3 Å². The van der Waals surface area contributed by atoms with Crippen LogP contribution in [0.5, 0.6) is 5.75 Å². The van der Waals surface area contributed by atoms with Crippen molar-refractivity contribution in [3.8, 4) is 5.75 Å². The molecule has 0 aliphatic carbocycles. The van der Waals surface area contributed by atoms with Crippen LogP contribution in [0.15, 0.2) is 42.6 Å². The Morgan fingerprint density at radius 2 is 2.14 bits per heavy atom. The summed E-state index contributed by atoms with van der Waals surface area (Å²) in [5.74, 6) is -0.353. The second-order valence-corrected chi connectivity index (χ2v) is 11.1. The third-order valence-corrected chi connectivity index (χ3v) is 8.38. The van der Waals surface area contributed by atoms with Gasteiger partial charge in [-0.2, -0.15) is 0 Å². The molecule has 0 radical (unpaired) electrons. The number of rotatable bonds is 11. The lowest BCUT2D eigenvalue weighted by Crippen LogP contribution is -2.44. The summed E-state index contributed by atoms with van der Waals surface area (Å²) in [6, 6.07) is 11.5. The highest BCUT2D eigenvalue weighted by atomic mass is 35.5. The van der Waals surface area contributed by atoms with Crippen molar-refractivity contribution in [3.05, 3.63) is 57.4 Å². The summed E-state index contributed by atoms with van der Waals surface area (Å²) in [5.41, 5.74) is 1.62. The van der Waals surface area contributed by atoms with Crippen molar-refractivity contribution in [3.63, 3.8) is 0 Å². The minimum Gasteiger partial charge on any atom is -0.497 e. The van der Waals surface area contributed by atoms with Crippen molar-refractivity contribution in [1.29, 1.82) is 0 Å². The standard InChI is InChI=1S/C27H33ClN2O4S/c1-34-19-6-8-24-22(16-19)21(11-13-29-24)25(31)9-5-18-12-15-30(17-23(18)27(32)33)14-3-2-4-20-7-10-26(28)35-20/h6-8,10-11,13,16,18,23,25,31H,2-5,9,12,14-15,17H2,1H3,(H,32,33)/t18-,23+,25+/m1/s1. The topological polar surface area (TPSA) is 82.9 Å². The third kappa shape index (κ3) is 6.73. The van der Waals surface area contributed by atoms with Crippen LogP contribution in [-0.4, -0.2) is 52.8 Å². The van der Waals surface area contributed by atoms with Gasteiger partial charge in [-0.15, -0.1) is 11.3 Å². The molecule has 0 saturated carbocycles. The lowest BCUT2D eigenvalue weighted by molar-refractivity contribution is -0.146. The number of aliphatic carboxylic acids is 1. The number of benzene rings is 1. The fraction of sp³-hybridized carbons (Fsp3) is 0.481. The Hall–Kier alpha value is -2.19. The Kier molecular flexibility index (Phi) is 9.00. The van der Waals surface area contributed by atoms with E-state index in [1.165, 1.54) is 4.88 Å². The monoisotopic (exact) mass is 516 g/mol. The molecule has 3 heterocycles. The predicted octanol–water partition coefficient (Wildman–Crippen LogP) is 5.82. The highest BCUT2D eigenvalue weighted by molar-refractivity contribution is 7.16. The largest absolute Gasteiger partial charge is 0.497 e. The number of aliphatic hydroxyl groups is 1. The number of fused-ring (bicyclic) bond motifs is 1. The van der Waals surface area contributed by atoms with Gasteiger partial charge >= 0.3 is 5.97 Å². The normalized spacial score (nSPS) is 19.6. The summed E-state index contributed by atoms with van der Waals surface area (Å²) in [5, 5.41) is 21.8. The fourth-order valence-corrected chi connectivity index (χ4v) is 6.24. The van der Waals surface area contributed by atoms with Crippen LogP contribution in [-0.2, 0) is 11.2 Å². The van der Waals surface area contributed by atoms with Crippen molar-refractivity contribution in [2.24, 2.45) is 11.8 Å². The lowest BCUT2D eigenvalue weighted by Gasteiger charge is -2.37. The molecule has 188 valence electrons. The number of halogens is 1. The van der Waals surface area contributed by atoms with Crippen LogP contribution in [0.3, 0.4) is 0 Å². The van der Waals surface area contributed by atoms with Gasteiger partial charge < -0.3 is 19.8 Å². The molecule has 3 aromatic rings. The average Bonchev–Trinajstić information content (AvgIpc) is 3.29. The maximum Gasteiger partial charge on any atom is 0.308 e. The van der Waals surface area contributed by atoms with Gasteiger partial charge in [0.2, 0.25) is 0 Å². The molecular weight excluding hydrogens is 484 g/mol. The first-order valence-corrected chi connectivity index (χ1v) is 13.4. The van der Waals surface area contributed by atoms with Crippen molar-refractivity contribution in [2.45, 2.75) is 44.6 Å². The lowest BCUT2D eigenvalue weighted by atomic mass is 9.81. The molecule has 6 nitrogen and oxygen atoms in total. The van der Waals surface area contributed by atoms with Crippen LogP contribution in [0, 0.1) is 11.8 Å². The SMILES string of the molecule is COc1ccc2nccc([C@@H](O)CC[C@@H]3CCN(CCCCc4ccc(Cl)s4)C[C@@H]3C(=O)O)c2c1. The zero-order valence-electron chi connectivity index (χ0n) is 20.0. The number of aromatic nitrogens is 1. The van der Waals surface area contributed by atoms with Gasteiger partial charge in [-0.3, -0.25) is 9.78 Å². The molecule has 0 spiro atoms. The van der Waals surface area contributed by atoms with Crippen LogP contribution in [0.25, 0.3) is 10.9 Å². The van der Waals surface area contributed by atoms with E-state index in [1.54, 1.807) is 24.6 Å². The number of likely N-dealkylation sites (tertiary alicyclic amines) is 1. The Bertz CT molecular complexity index is 1140. The molecular formula is C27H33ClN2O4S. The van der Waals surface area contributed by atoms with Gasteiger partial charge in [0.25, 0.3) is 0 Å². The van der Waals surface area contributed by atoms with Crippen molar-refractivity contribution < 1.29 is 19.7 Å². The summed E-state index contributed by atoms with van der Waals surface area (Å²) in [6.45, 7) is 2.41. The number of hydrogen-bond acceptors (Lipinski definition) is 6. The first-order chi connectivity index (χ1) is 16.9. The zero-order chi connectivity index (χ0) is 24.8. The van der Waals surface area contributed by atoms with E-state index in [1.807, 2.05) is 30.3 Å². The second-order valence-electron chi connectivity index (χ2n) is 9.33. The van der Waals surface area contributed by atoms with Crippen molar-refractivity contribution >= 4 is 39.8 Å². The Morgan fingerprint density at radius 3 is 2.89 bits per heavy atom. The molecule has 2 N–H and O–H groups in total. The van der Waals surface area contributed by atoms with E-state index < -0.39 is 18.0 Å². The number of ether oxygens (including phenoxy) is 1. The quantitative estimate of drug-likeness (QED) is 0.312. The summed E-state index contributed by atoms with van der Waals surface area (Å²) in [4.78, 5) is 20.0. The van der Waals surface area contributed by atoms with E-state index >= 15 is 0 Å². The van der Waals surface area contributed by atoms with E-state index in [0.717, 1.165) is 65.3 Å². The van der Waals surface area contributed by atoms with Gasteiger partial charge in [-0.05, 0) is 99.5 Å². The molecule has 35 heavy (non-hydrogen) atoms. The van der Waals surface area contributed by atoms with Gasteiger partial charge in [0, 0.05) is 23.0 Å². The number of piperidine rings is 1. The second kappa shape index (κ2) is 12.2. The van der Waals surface area contributed by atoms with Gasteiger partial charge in [0.1, 0.15) is 5.75 Å². The maximum atomic E-state index is 12.1. The van der Waals surface area contributed by atoms with E-state index in [9.17, 15) is 15.0 Å². The Morgan fingerprint density at radius 1 is 1.29 bits per heavy atom. The van der Waals surface area contributed by atoms with Crippen LogP contribution in [0.2, 0.25) is 4.34 Å². The Balaban J connectivity index is 1.30. The van der Waals surface area contributed by atoms with E-state index in [0.29, 0.717) is 19.4 Å². The minimum absolute atomic E-state index is 0.0642. The molecule has 1 aliphatic heterocycles. The van der Waals surface area contributed by atoms with Crippen molar-refractivity contribution in [1.82, 2.24) is 9.88 Å². The molecule has 1 aliphatic rings.